The van der Waals surface area contributed by atoms with Crippen LogP contribution in [0.4, 0.5) is 11.4 Å². The molecule has 0 bridgehead atoms. The maximum Gasteiger partial charge on any atom is 0.284 e. The maximum atomic E-state index is 12.1. The van der Waals surface area contributed by atoms with Crippen molar-refractivity contribution in [2.24, 2.45) is 0 Å². The number of H-pyrrole nitrogens is 1. The Labute approximate surface area is 128 Å². The minimum absolute atomic E-state index is 0.0700. The Morgan fingerprint density at radius 2 is 2.10 bits per heavy atom. The molecule has 0 saturated heterocycles. The lowest BCUT2D eigenvalue weighted by Gasteiger charge is -2.03. The van der Waals surface area contributed by atoms with Crippen molar-refractivity contribution >= 4 is 44.9 Å². The van der Waals surface area contributed by atoms with Gasteiger partial charge in [-0.05, 0) is 46.6 Å². The topological polar surface area (TPSA) is 88.0 Å². The lowest BCUT2D eigenvalue weighted by Crippen LogP contribution is -2.03. The molecule has 21 heavy (non-hydrogen) atoms. The maximum absolute atomic E-state index is 12.1. The van der Waals surface area contributed by atoms with Gasteiger partial charge in [0.1, 0.15) is 4.47 Å². The molecule has 2 aromatic rings. The number of hydrogen-bond donors (Lipinski definition) is 2. The fourth-order valence-corrected chi connectivity index (χ4v) is 2.98. The highest BCUT2D eigenvalue weighted by Gasteiger charge is 2.30. The predicted octanol–water partition coefficient (Wildman–Crippen LogP) is 3.49. The molecule has 0 saturated carbocycles. The summed E-state index contributed by atoms with van der Waals surface area (Å²) in [6.45, 7) is 1.92. The average molecular weight is 348 g/mol. The van der Waals surface area contributed by atoms with Crippen molar-refractivity contribution in [1.29, 1.82) is 0 Å². The number of hydrogen-bond acceptors (Lipinski definition) is 3. The number of aromatic nitrogens is 1. The number of amides is 1. The summed E-state index contributed by atoms with van der Waals surface area (Å²) < 4.78 is 0.304. The van der Waals surface area contributed by atoms with Crippen molar-refractivity contribution in [3.05, 3.63) is 55.8 Å². The van der Waals surface area contributed by atoms with Gasteiger partial charge >= 0.3 is 0 Å². The number of nitro benzene ring substituents is 1. The molecule has 2 N–H and O–H groups in total. The highest BCUT2D eigenvalue weighted by molar-refractivity contribution is 9.10. The minimum atomic E-state index is -0.481. The van der Waals surface area contributed by atoms with Crippen LogP contribution in [0.25, 0.3) is 11.6 Å². The standard InChI is InChI=1S/C14H10BrN3O3/c1-7-4-5-16-10(7)6-8-12-9(17-14(8)19)2-3-11(13(12)15)18(20)21/h2-6,16H,1H3,(H,17,19). The molecule has 3 rings (SSSR count). The Balaban J connectivity index is 2.21. The van der Waals surface area contributed by atoms with E-state index in [1.54, 1.807) is 18.3 Å². The Morgan fingerprint density at radius 1 is 1.33 bits per heavy atom. The van der Waals surface area contributed by atoms with Crippen molar-refractivity contribution in [1.82, 2.24) is 4.98 Å². The summed E-state index contributed by atoms with van der Waals surface area (Å²) in [7, 11) is 0. The number of fused-ring (bicyclic) bond motifs is 1. The molecular formula is C14H10BrN3O3. The number of benzene rings is 1. The summed E-state index contributed by atoms with van der Waals surface area (Å²) in [4.78, 5) is 25.7. The zero-order valence-electron chi connectivity index (χ0n) is 10.9. The second-order valence-corrected chi connectivity index (χ2v) is 5.46. The van der Waals surface area contributed by atoms with Crippen LogP contribution < -0.4 is 5.32 Å². The summed E-state index contributed by atoms with van der Waals surface area (Å²) in [6, 6.07) is 4.80. The first-order valence-corrected chi connectivity index (χ1v) is 6.92. The first kappa shape index (κ1) is 13.6. The fourth-order valence-electron chi connectivity index (χ4n) is 2.27. The number of nitrogens with one attached hydrogen (secondary N) is 2. The smallest absolute Gasteiger partial charge is 0.284 e. The molecule has 0 radical (unpaired) electrons. The van der Waals surface area contributed by atoms with E-state index in [4.69, 9.17) is 0 Å². The van der Waals surface area contributed by atoms with Crippen LogP contribution in [0.15, 0.2) is 28.9 Å². The van der Waals surface area contributed by atoms with Crippen molar-refractivity contribution in [2.75, 3.05) is 5.32 Å². The molecule has 7 heteroatoms. The average Bonchev–Trinajstić information content (AvgIpc) is 2.95. The fraction of sp³-hybridized carbons (Fsp3) is 0.0714. The van der Waals surface area contributed by atoms with E-state index in [1.807, 2.05) is 13.0 Å². The number of nitro groups is 1. The molecular weight excluding hydrogens is 338 g/mol. The van der Waals surface area contributed by atoms with Gasteiger partial charge in [-0.15, -0.1) is 0 Å². The van der Waals surface area contributed by atoms with Gasteiger partial charge in [-0.25, -0.2) is 0 Å². The molecule has 0 fully saturated rings. The zero-order valence-corrected chi connectivity index (χ0v) is 12.5. The van der Waals surface area contributed by atoms with E-state index in [0.717, 1.165) is 11.3 Å². The van der Waals surface area contributed by atoms with Gasteiger partial charge in [-0.1, -0.05) is 0 Å². The molecule has 1 aliphatic heterocycles. The number of carbonyl (C=O) groups is 1. The molecule has 0 aliphatic carbocycles. The lowest BCUT2D eigenvalue weighted by atomic mass is 10.0. The van der Waals surface area contributed by atoms with Crippen LogP contribution in [0.5, 0.6) is 0 Å². The van der Waals surface area contributed by atoms with Gasteiger partial charge in [-0.3, -0.25) is 14.9 Å². The monoisotopic (exact) mass is 347 g/mol. The van der Waals surface area contributed by atoms with E-state index in [1.165, 1.54) is 6.07 Å². The lowest BCUT2D eigenvalue weighted by molar-refractivity contribution is -0.385. The van der Waals surface area contributed by atoms with Gasteiger partial charge in [0.2, 0.25) is 0 Å². The molecule has 1 aromatic carbocycles. The largest absolute Gasteiger partial charge is 0.361 e. The summed E-state index contributed by atoms with van der Waals surface area (Å²) in [5, 5.41) is 13.7. The van der Waals surface area contributed by atoms with Gasteiger partial charge in [0.05, 0.1) is 16.2 Å². The quantitative estimate of drug-likeness (QED) is 0.495. The SMILES string of the molecule is Cc1cc[nH]c1C=C1C(=O)Nc2ccc([N+](=O)[O-])c(Br)c21. The predicted molar refractivity (Wildman–Crippen MR) is 82.8 cm³/mol. The van der Waals surface area contributed by atoms with Crippen LogP contribution in [-0.4, -0.2) is 15.8 Å². The van der Waals surface area contributed by atoms with E-state index >= 15 is 0 Å². The highest BCUT2D eigenvalue weighted by atomic mass is 79.9. The van der Waals surface area contributed by atoms with Crippen LogP contribution in [-0.2, 0) is 4.79 Å². The number of halogens is 1. The number of anilines is 1. The van der Waals surface area contributed by atoms with Gasteiger partial charge in [0.25, 0.3) is 11.6 Å². The van der Waals surface area contributed by atoms with Gasteiger partial charge in [0, 0.05) is 23.5 Å². The normalized spacial score (nSPS) is 15.1. The summed E-state index contributed by atoms with van der Waals surface area (Å²) in [6.07, 6.45) is 3.48. The molecule has 6 nitrogen and oxygen atoms in total. The summed E-state index contributed by atoms with van der Waals surface area (Å²) in [5.74, 6) is -0.278. The number of aryl methyl sites for hydroxylation is 1. The Kier molecular flexibility index (Phi) is 3.13. The molecule has 0 unspecified atom stereocenters. The minimum Gasteiger partial charge on any atom is -0.361 e. The first-order chi connectivity index (χ1) is 9.99. The molecule has 2 heterocycles. The molecule has 1 amide bonds. The molecule has 0 spiro atoms. The third-order valence-corrected chi connectivity index (χ3v) is 4.17. The van der Waals surface area contributed by atoms with E-state index in [0.29, 0.717) is 21.3 Å². The van der Waals surface area contributed by atoms with Crippen molar-refractivity contribution in [3.63, 3.8) is 0 Å². The van der Waals surface area contributed by atoms with Crippen LogP contribution in [0.2, 0.25) is 0 Å². The highest BCUT2D eigenvalue weighted by Crippen LogP contribution is 2.42. The van der Waals surface area contributed by atoms with Crippen molar-refractivity contribution < 1.29 is 9.72 Å². The summed E-state index contributed by atoms with van der Waals surface area (Å²) in [5.41, 5.74) is 3.19. The molecule has 0 atom stereocenters. The molecule has 1 aromatic heterocycles. The van der Waals surface area contributed by atoms with Gasteiger partial charge < -0.3 is 10.3 Å². The molecule has 106 valence electrons. The molecule has 1 aliphatic rings. The van der Waals surface area contributed by atoms with E-state index in [9.17, 15) is 14.9 Å². The second kappa shape index (κ2) is 4.85. The van der Waals surface area contributed by atoms with Gasteiger partial charge in [0.15, 0.2) is 0 Å². The Morgan fingerprint density at radius 3 is 2.71 bits per heavy atom. The Bertz CT molecular complexity index is 808. The number of nitrogens with zero attached hydrogens (tertiary/aromatic N) is 1. The van der Waals surface area contributed by atoms with Crippen LogP contribution in [0, 0.1) is 17.0 Å². The van der Waals surface area contributed by atoms with E-state index < -0.39 is 4.92 Å². The Hall–Kier alpha value is -2.41. The number of rotatable bonds is 2. The third kappa shape index (κ3) is 2.15. The first-order valence-electron chi connectivity index (χ1n) is 6.13. The zero-order chi connectivity index (χ0) is 15.1. The van der Waals surface area contributed by atoms with E-state index in [2.05, 4.69) is 26.2 Å². The van der Waals surface area contributed by atoms with Crippen LogP contribution >= 0.6 is 15.9 Å². The van der Waals surface area contributed by atoms with Crippen molar-refractivity contribution in [2.45, 2.75) is 6.92 Å². The number of carbonyl (C=O) groups excluding carboxylic acids is 1. The van der Waals surface area contributed by atoms with Gasteiger partial charge in [-0.2, -0.15) is 0 Å². The van der Waals surface area contributed by atoms with Crippen molar-refractivity contribution in [3.8, 4) is 0 Å². The van der Waals surface area contributed by atoms with E-state index in [-0.39, 0.29) is 11.6 Å². The third-order valence-electron chi connectivity index (χ3n) is 3.37. The van der Waals surface area contributed by atoms with Crippen LogP contribution in [0.3, 0.4) is 0 Å². The van der Waals surface area contributed by atoms with Crippen LogP contribution in [0.1, 0.15) is 16.8 Å². The number of aromatic amines is 1. The summed E-state index contributed by atoms with van der Waals surface area (Å²) >= 11 is 3.24. The second-order valence-electron chi connectivity index (χ2n) is 4.66.